The number of nitrogens with zero attached hydrogens (tertiary/aromatic N) is 1. The number of esters is 2. The Hall–Kier alpha value is -1.77. The minimum atomic E-state index is -4.39. The van der Waals surface area contributed by atoms with E-state index < -0.39 is 26.5 Å². The molecular formula is C86H167NO8P+. The molecule has 1 N–H and O–H groups in total. The van der Waals surface area contributed by atoms with Crippen LogP contribution < -0.4 is 0 Å². The van der Waals surface area contributed by atoms with Gasteiger partial charge in [-0.1, -0.05) is 403 Å². The van der Waals surface area contributed by atoms with Gasteiger partial charge in [-0.2, -0.15) is 0 Å². The van der Waals surface area contributed by atoms with Gasteiger partial charge in [-0.25, -0.2) is 4.57 Å². The highest BCUT2D eigenvalue weighted by molar-refractivity contribution is 7.47. The van der Waals surface area contributed by atoms with Crippen LogP contribution in [0.25, 0.3) is 0 Å². The first-order chi connectivity index (χ1) is 47.0. The number of phosphoric acid groups is 1. The lowest BCUT2D eigenvalue weighted by Gasteiger charge is -2.24. The molecule has 0 amide bonds. The number of ether oxygens (including phenoxy) is 2. The highest BCUT2D eigenvalue weighted by atomic mass is 31.2. The predicted molar refractivity (Wildman–Crippen MR) is 418 cm³/mol. The maximum atomic E-state index is 12.9. The minimum absolute atomic E-state index is 0.0356. The Morgan fingerprint density at radius 2 is 0.562 bits per heavy atom. The van der Waals surface area contributed by atoms with Crippen molar-refractivity contribution in [1.82, 2.24) is 0 Å². The molecule has 0 radical (unpaired) electrons. The lowest BCUT2D eigenvalue weighted by molar-refractivity contribution is -0.870. The lowest BCUT2D eigenvalue weighted by atomic mass is 10.0. The highest BCUT2D eigenvalue weighted by Crippen LogP contribution is 2.43. The van der Waals surface area contributed by atoms with Gasteiger partial charge in [-0.05, 0) is 70.6 Å². The Labute approximate surface area is 599 Å². The van der Waals surface area contributed by atoms with Crippen LogP contribution in [0, 0.1) is 0 Å². The molecule has 0 saturated heterocycles. The van der Waals surface area contributed by atoms with E-state index in [9.17, 15) is 19.0 Å². The van der Waals surface area contributed by atoms with E-state index in [1.807, 2.05) is 21.1 Å². The third-order valence-electron chi connectivity index (χ3n) is 19.6. The van der Waals surface area contributed by atoms with E-state index in [0.29, 0.717) is 23.9 Å². The van der Waals surface area contributed by atoms with Crippen LogP contribution in [0.15, 0.2) is 36.5 Å². The number of hydrogen-bond donors (Lipinski definition) is 1. The Bertz CT molecular complexity index is 1710. The van der Waals surface area contributed by atoms with E-state index in [1.165, 1.54) is 379 Å². The zero-order valence-corrected chi connectivity index (χ0v) is 66.0. The number of carbonyl (C=O) groups excluding carboxylic acids is 2. The summed E-state index contributed by atoms with van der Waals surface area (Å²) in [6.45, 7) is 4.51. The van der Waals surface area contributed by atoms with Crippen molar-refractivity contribution < 1.29 is 42.1 Å². The quantitative estimate of drug-likeness (QED) is 0.0211. The molecule has 10 heteroatoms. The number of hydrogen-bond acceptors (Lipinski definition) is 7. The molecule has 0 bridgehead atoms. The second-order valence-corrected chi connectivity index (χ2v) is 32.0. The van der Waals surface area contributed by atoms with E-state index in [1.54, 1.807) is 0 Å². The molecule has 0 aromatic carbocycles. The fraction of sp³-hybridized carbons (Fsp3) is 0.907. The third kappa shape index (κ3) is 81.2. The number of allylic oxidation sites excluding steroid dienone is 6. The van der Waals surface area contributed by atoms with Crippen LogP contribution in [0.2, 0.25) is 0 Å². The molecular weight excluding hydrogens is 1210 g/mol. The summed E-state index contributed by atoms with van der Waals surface area (Å²) < 4.78 is 34.9. The molecule has 568 valence electrons. The normalized spacial score (nSPS) is 13.1. The number of unbranched alkanes of at least 4 members (excludes halogenated alkanes) is 61. The summed E-state index contributed by atoms with van der Waals surface area (Å²) in [5.41, 5.74) is 0. The summed E-state index contributed by atoms with van der Waals surface area (Å²) in [6.07, 6.45) is 102. The average molecular weight is 1370 g/mol. The number of quaternary nitrogens is 1. The number of carbonyl (C=O) groups is 2. The molecule has 0 aromatic rings. The van der Waals surface area contributed by atoms with Crippen molar-refractivity contribution in [2.45, 2.75) is 457 Å². The van der Waals surface area contributed by atoms with E-state index in [4.69, 9.17) is 18.5 Å². The van der Waals surface area contributed by atoms with Crippen molar-refractivity contribution in [3.05, 3.63) is 36.5 Å². The number of phosphoric ester groups is 1. The summed E-state index contributed by atoms with van der Waals surface area (Å²) >= 11 is 0. The molecule has 0 aliphatic carbocycles. The molecule has 0 aliphatic heterocycles. The molecule has 0 saturated carbocycles. The monoisotopic (exact) mass is 1370 g/mol. The first kappa shape index (κ1) is 94.2. The van der Waals surface area contributed by atoms with Crippen molar-refractivity contribution in [3.8, 4) is 0 Å². The predicted octanol–water partition coefficient (Wildman–Crippen LogP) is 28.5. The molecule has 0 rings (SSSR count). The number of rotatable bonds is 81. The molecule has 0 heterocycles. The zero-order chi connectivity index (χ0) is 69.7. The molecule has 0 spiro atoms. The van der Waals surface area contributed by atoms with Crippen LogP contribution in [0.3, 0.4) is 0 Å². The SMILES string of the molecule is CCCCCCC/C=C\C/C=C\CCCCCCCCCCCCCCCCCCCCCCCC(=O)OC(COC(=O)CCCCCCCCCCCCCCCCCCCCCCCCCCCCC/C=C\CCCCCCCCCC)COP(=O)(O)OCC[N+](C)(C)C. The average Bonchev–Trinajstić information content (AvgIpc) is 1.48. The molecule has 9 nitrogen and oxygen atoms in total. The maximum absolute atomic E-state index is 12.9. The van der Waals surface area contributed by atoms with Crippen molar-refractivity contribution in [1.29, 1.82) is 0 Å². The first-order valence-corrected chi connectivity index (χ1v) is 44.2. The fourth-order valence-corrected chi connectivity index (χ4v) is 13.9. The van der Waals surface area contributed by atoms with E-state index in [2.05, 4.69) is 50.3 Å². The van der Waals surface area contributed by atoms with Crippen LogP contribution in [0.5, 0.6) is 0 Å². The molecule has 2 unspecified atom stereocenters. The summed E-state index contributed by atoms with van der Waals surface area (Å²) in [7, 11) is 1.50. The van der Waals surface area contributed by atoms with Crippen molar-refractivity contribution in [3.63, 3.8) is 0 Å². The van der Waals surface area contributed by atoms with Crippen LogP contribution in [0.4, 0.5) is 0 Å². The van der Waals surface area contributed by atoms with Gasteiger partial charge in [0, 0.05) is 12.8 Å². The van der Waals surface area contributed by atoms with Gasteiger partial charge in [0.05, 0.1) is 27.7 Å². The van der Waals surface area contributed by atoms with E-state index in [-0.39, 0.29) is 25.6 Å². The van der Waals surface area contributed by atoms with Gasteiger partial charge in [0.2, 0.25) is 0 Å². The second-order valence-electron chi connectivity index (χ2n) is 30.6. The Kier molecular flexibility index (Phi) is 76.0. The molecule has 2 atom stereocenters. The smallest absolute Gasteiger partial charge is 0.462 e. The van der Waals surface area contributed by atoms with Crippen molar-refractivity contribution >= 4 is 19.8 Å². The van der Waals surface area contributed by atoms with E-state index >= 15 is 0 Å². The van der Waals surface area contributed by atoms with Crippen LogP contribution in [-0.2, 0) is 32.7 Å². The Balaban J connectivity index is 3.86. The largest absolute Gasteiger partial charge is 0.472 e. The lowest BCUT2D eigenvalue weighted by Crippen LogP contribution is -2.37. The van der Waals surface area contributed by atoms with Crippen LogP contribution >= 0.6 is 7.82 Å². The molecule has 0 aromatic heterocycles. The van der Waals surface area contributed by atoms with Gasteiger partial charge in [0.1, 0.15) is 19.8 Å². The zero-order valence-electron chi connectivity index (χ0n) is 65.2. The first-order valence-electron chi connectivity index (χ1n) is 42.7. The van der Waals surface area contributed by atoms with Crippen LogP contribution in [-0.4, -0.2) is 74.9 Å². The summed E-state index contributed by atoms with van der Waals surface area (Å²) in [5.74, 6) is -0.769. The summed E-state index contributed by atoms with van der Waals surface area (Å²) in [4.78, 5) is 36.0. The van der Waals surface area contributed by atoms with Crippen molar-refractivity contribution in [2.24, 2.45) is 0 Å². The second kappa shape index (κ2) is 77.4. The minimum Gasteiger partial charge on any atom is -0.462 e. The maximum Gasteiger partial charge on any atom is 0.472 e. The highest BCUT2D eigenvalue weighted by Gasteiger charge is 2.27. The third-order valence-corrected chi connectivity index (χ3v) is 20.6. The van der Waals surface area contributed by atoms with Gasteiger partial charge >= 0.3 is 19.8 Å². The molecule has 0 aliphatic rings. The molecule has 96 heavy (non-hydrogen) atoms. The van der Waals surface area contributed by atoms with Crippen molar-refractivity contribution in [2.75, 3.05) is 47.5 Å². The van der Waals surface area contributed by atoms with Gasteiger partial charge < -0.3 is 18.9 Å². The fourth-order valence-electron chi connectivity index (χ4n) is 13.1. The van der Waals surface area contributed by atoms with Gasteiger partial charge in [-0.3, -0.25) is 18.6 Å². The summed E-state index contributed by atoms with van der Waals surface area (Å²) in [6, 6.07) is 0. The van der Waals surface area contributed by atoms with Gasteiger partial charge in [-0.15, -0.1) is 0 Å². The van der Waals surface area contributed by atoms with Gasteiger partial charge in [0.15, 0.2) is 6.10 Å². The van der Waals surface area contributed by atoms with E-state index in [0.717, 1.165) is 38.5 Å². The Morgan fingerprint density at radius 3 is 0.833 bits per heavy atom. The van der Waals surface area contributed by atoms with Gasteiger partial charge in [0.25, 0.3) is 0 Å². The Morgan fingerprint density at radius 1 is 0.323 bits per heavy atom. The standard InChI is InChI=1S/C86H166NO8P/c1-6-8-10-12-14-16-18-20-22-24-26-28-30-32-34-36-38-40-41-42-43-44-45-47-48-50-52-54-56-58-60-62-64-66-68-70-72-74-76-78-85(88)92-82-84(83-94-96(90,91)93-81-80-87(3,4)5)95-86(89)79-77-75-73-71-69-67-65-63-61-59-57-55-53-51-49-46-39-37-35-33-31-29-27-25-23-21-19-17-15-13-11-9-7-2/h19,21,24-27,84H,6-18,20,22-23,28-83H2,1-5H3/p+1/b21-19-,26-24-,27-25-. The topological polar surface area (TPSA) is 108 Å². The van der Waals surface area contributed by atoms with Crippen LogP contribution in [0.1, 0.15) is 450 Å². The molecule has 0 fully saturated rings. The summed E-state index contributed by atoms with van der Waals surface area (Å²) in [5, 5.41) is 0. The number of likely N-dealkylation sites (N-methyl/N-ethyl adjacent to an activating group) is 1.